The summed E-state index contributed by atoms with van der Waals surface area (Å²) in [5, 5.41) is 7.87. The average molecular weight is 943 g/mol. The van der Waals surface area contributed by atoms with E-state index in [4.69, 9.17) is 0 Å². The van der Waals surface area contributed by atoms with Crippen molar-refractivity contribution in [2.75, 3.05) is 0 Å². The van der Waals surface area contributed by atoms with Crippen LogP contribution in [0.5, 0.6) is 0 Å². The lowest BCUT2D eigenvalue weighted by Gasteiger charge is -2.25. The Labute approximate surface area is 430 Å². The zero-order valence-corrected chi connectivity index (χ0v) is 42.6. The first-order valence-corrected chi connectivity index (χ1v) is 26.8. The van der Waals surface area contributed by atoms with Gasteiger partial charge in [-0.25, -0.2) is 0 Å². The van der Waals surface area contributed by atoms with E-state index in [1.807, 2.05) is 0 Å². The molecule has 13 rings (SSSR count). The SMILES string of the molecule is CCCCc1cccc2c3[n+](ccc12)C1C(C)(CC)C1(CC[n+]1ccc2ccccc2c1-c1cc(-c2cccc(-c4cc(-c5ccccc5)cc(-c5cccc6ccccc56)c4)c2)ccc1C)c1ccccc1-3. The molecule has 2 nitrogen and oxygen atoms in total. The van der Waals surface area contributed by atoms with Gasteiger partial charge in [0.05, 0.1) is 27.3 Å². The topological polar surface area (TPSA) is 7.76 Å². The molecular formula is C71H62N2+2. The summed E-state index contributed by atoms with van der Waals surface area (Å²) in [5.41, 5.74) is 19.5. The van der Waals surface area contributed by atoms with Gasteiger partial charge in [0, 0.05) is 24.0 Å². The molecule has 9 aromatic carbocycles. The summed E-state index contributed by atoms with van der Waals surface area (Å²) in [6.45, 7) is 10.5. The lowest BCUT2D eigenvalue weighted by Crippen LogP contribution is -2.44. The predicted octanol–water partition coefficient (Wildman–Crippen LogP) is 17.7. The maximum Gasteiger partial charge on any atom is 0.220 e. The highest BCUT2D eigenvalue weighted by atomic mass is 15.1. The van der Waals surface area contributed by atoms with Gasteiger partial charge in [-0.3, -0.25) is 0 Å². The Morgan fingerprint density at radius 1 is 0.452 bits per heavy atom. The summed E-state index contributed by atoms with van der Waals surface area (Å²) in [6.07, 6.45) is 10.5. The van der Waals surface area contributed by atoms with Crippen LogP contribution in [0.15, 0.2) is 225 Å². The number of aromatic nitrogens is 2. The monoisotopic (exact) mass is 942 g/mol. The minimum absolute atomic E-state index is 0.0119. The van der Waals surface area contributed by atoms with E-state index in [0.717, 1.165) is 25.8 Å². The molecular weight excluding hydrogens is 881 g/mol. The quantitative estimate of drug-likeness (QED) is 0.108. The van der Waals surface area contributed by atoms with Gasteiger partial charge in [0.15, 0.2) is 18.4 Å². The van der Waals surface area contributed by atoms with E-state index in [1.165, 1.54) is 129 Å². The summed E-state index contributed by atoms with van der Waals surface area (Å²) in [7, 11) is 0. The number of aryl methyl sites for hydroxylation is 3. The minimum atomic E-state index is -0.0119. The third kappa shape index (κ3) is 7.28. The van der Waals surface area contributed by atoms with Gasteiger partial charge >= 0.3 is 0 Å². The van der Waals surface area contributed by atoms with Gasteiger partial charge in [0.25, 0.3) is 0 Å². The van der Waals surface area contributed by atoms with Crippen LogP contribution in [0.2, 0.25) is 0 Å². The maximum absolute atomic E-state index is 2.70. The number of fused-ring (bicyclic) bond motifs is 10. The molecule has 354 valence electrons. The molecule has 3 heterocycles. The lowest BCUT2D eigenvalue weighted by molar-refractivity contribution is -0.703. The van der Waals surface area contributed by atoms with Crippen LogP contribution in [0.1, 0.15) is 69.2 Å². The van der Waals surface area contributed by atoms with E-state index in [0.29, 0.717) is 6.04 Å². The number of nitrogens with zero attached hydrogens (tertiary/aromatic N) is 2. The number of pyridine rings is 2. The average Bonchev–Trinajstić information content (AvgIpc) is 4.03. The fraction of sp³-hybridized carbons (Fsp3) is 0.183. The van der Waals surface area contributed by atoms with Crippen molar-refractivity contribution < 1.29 is 9.13 Å². The molecule has 0 radical (unpaired) electrons. The van der Waals surface area contributed by atoms with Crippen LogP contribution in [0.4, 0.5) is 0 Å². The summed E-state index contributed by atoms with van der Waals surface area (Å²) in [5.74, 6) is 0. The van der Waals surface area contributed by atoms with Crippen LogP contribution in [0, 0.1) is 12.3 Å². The molecule has 1 aliphatic heterocycles. The zero-order valence-electron chi connectivity index (χ0n) is 42.6. The van der Waals surface area contributed by atoms with E-state index < -0.39 is 0 Å². The van der Waals surface area contributed by atoms with E-state index in [-0.39, 0.29) is 10.8 Å². The largest absolute Gasteiger partial charge is 0.220 e. The van der Waals surface area contributed by atoms with Crippen molar-refractivity contribution in [2.45, 2.75) is 77.8 Å². The summed E-state index contributed by atoms with van der Waals surface area (Å²) in [4.78, 5) is 0. The molecule has 0 N–H and O–H groups in total. The fourth-order valence-electron chi connectivity index (χ4n) is 13.5. The highest BCUT2D eigenvalue weighted by Crippen LogP contribution is 2.76. The van der Waals surface area contributed by atoms with Crippen LogP contribution in [-0.4, -0.2) is 0 Å². The Kier molecular flexibility index (Phi) is 11.1. The van der Waals surface area contributed by atoms with Crippen LogP contribution < -0.4 is 9.13 Å². The van der Waals surface area contributed by atoms with Gasteiger partial charge in [0.2, 0.25) is 11.4 Å². The van der Waals surface area contributed by atoms with Gasteiger partial charge in [-0.15, -0.1) is 0 Å². The Morgan fingerprint density at radius 3 is 1.89 bits per heavy atom. The molecule has 1 fully saturated rings. The van der Waals surface area contributed by atoms with Crippen LogP contribution >= 0.6 is 0 Å². The molecule has 0 saturated heterocycles. The molecule has 1 aliphatic carbocycles. The molecule has 3 unspecified atom stereocenters. The van der Waals surface area contributed by atoms with Crippen molar-refractivity contribution in [1.82, 2.24) is 0 Å². The molecule has 1 saturated carbocycles. The first-order valence-electron chi connectivity index (χ1n) is 26.8. The summed E-state index contributed by atoms with van der Waals surface area (Å²) < 4.78 is 5.30. The second-order valence-electron chi connectivity index (χ2n) is 21.2. The minimum Gasteiger partial charge on any atom is -0.198 e. The Hall–Kier alpha value is -7.94. The number of rotatable bonds is 12. The van der Waals surface area contributed by atoms with Crippen LogP contribution in [0.3, 0.4) is 0 Å². The van der Waals surface area contributed by atoms with E-state index in [2.05, 4.69) is 262 Å². The Balaban J connectivity index is 0.898. The zero-order chi connectivity index (χ0) is 49.3. The lowest BCUT2D eigenvalue weighted by atomic mass is 9.78. The first kappa shape index (κ1) is 45.0. The van der Waals surface area contributed by atoms with Crippen LogP contribution in [-0.2, 0) is 18.4 Å². The molecule has 0 spiro atoms. The second-order valence-corrected chi connectivity index (χ2v) is 21.2. The molecule has 73 heavy (non-hydrogen) atoms. The first-order chi connectivity index (χ1) is 35.9. The molecule has 2 aliphatic rings. The molecule has 2 aromatic heterocycles. The summed E-state index contributed by atoms with van der Waals surface area (Å²) in [6, 6.07) is 80.2. The Bertz CT molecular complexity index is 3930. The molecule has 2 heteroatoms. The molecule has 3 atom stereocenters. The van der Waals surface area contributed by atoms with Crippen molar-refractivity contribution in [3.63, 3.8) is 0 Å². The number of hydrogen-bond donors (Lipinski definition) is 0. The van der Waals surface area contributed by atoms with Crippen molar-refractivity contribution in [3.05, 3.63) is 241 Å². The Morgan fingerprint density at radius 2 is 1.07 bits per heavy atom. The predicted molar refractivity (Wildman–Crippen MR) is 305 cm³/mol. The van der Waals surface area contributed by atoms with E-state index in [1.54, 1.807) is 0 Å². The van der Waals surface area contributed by atoms with Gasteiger partial charge in [-0.1, -0.05) is 179 Å². The highest BCUT2D eigenvalue weighted by Gasteiger charge is 2.82. The van der Waals surface area contributed by atoms with E-state index >= 15 is 0 Å². The maximum atomic E-state index is 2.70. The third-order valence-electron chi connectivity index (χ3n) is 17.4. The normalized spacial score (nSPS) is 17.6. The number of benzene rings is 9. The van der Waals surface area contributed by atoms with Crippen molar-refractivity contribution >= 4 is 32.3 Å². The standard InChI is InChI=1S/C71H62N2/c1-5-7-20-50-26-19-33-63-61(50)38-41-73-68(63)64-31-15-16-34-66(64)71(69(73)70(71,4)6-2)39-42-72-40-37-52-24-12-14-30-62(52)67(72)65-47-55(36-35-48(65)3)53-27-17-28-54(43-53)57-44-56(49-21-9-8-10-22-49)45-58(46-57)60-32-18-25-51-23-11-13-29-59(51)60/h8-19,21-38,40-41,43-47,69H,5-7,20,39,42H2,1-4H3/q+2. The van der Waals surface area contributed by atoms with Crippen LogP contribution in [0.25, 0.3) is 99.3 Å². The van der Waals surface area contributed by atoms with Crippen molar-refractivity contribution in [2.24, 2.45) is 5.41 Å². The number of unbranched alkanes of at least 4 members (excludes halogenated alkanes) is 1. The third-order valence-corrected chi connectivity index (χ3v) is 17.4. The van der Waals surface area contributed by atoms with Gasteiger partial charge in [-0.2, -0.15) is 9.13 Å². The molecule has 11 aromatic rings. The van der Waals surface area contributed by atoms with Gasteiger partial charge in [0.1, 0.15) is 6.54 Å². The van der Waals surface area contributed by atoms with Crippen molar-refractivity contribution in [3.8, 4) is 67.0 Å². The highest BCUT2D eigenvalue weighted by molar-refractivity contribution is 5.99. The fourth-order valence-corrected chi connectivity index (χ4v) is 13.5. The van der Waals surface area contributed by atoms with Gasteiger partial charge < -0.3 is 0 Å². The smallest absolute Gasteiger partial charge is 0.198 e. The second kappa shape index (κ2) is 18.0. The van der Waals surface area contributed by atoms with Gasteiger partial charge in [-0.05, 0) is 157 Å². The molecule has 0 bridgehead atoms. The number of hydrogen-bond acceptors (Lipinski definition) is 0. The van der Waals surface area contributed by atoms with Crippen molar-refractivity contribution in [1.29, 1.82) is 0 Å². The summed E-state index contributed by atoms with van der Waals surface area (Å²) >= 11 is 0. The molecule has 0 amide bonds. The van der Waals surface area contributed by atoms with E-state index in [9.17, 15) is 0 Å².